The molecule has 122 valence electrons. The molecule has 0 N–H and O–H groups in total. The van der Waals surface area contributed by atoms with Gasteiger partial charge in [0.2, 0.25) is 0 Å². The van der Waals surface area contributed by atoms with Crippen molar-refractivity contribution >= 4 is 16.1 Å². The van der Waals surface area contributed by atoms with Crippen LogP contribution in [0.1, 0.15) is 27.7 Å². The van der Waals surface area contributed by atoms with Gasteiger partial charge in [0.05, 0.1) is 0 Å². The number of hydrogen-bond donors (Lipinski definition) is 0. The molecule has 0 spiro atoms. The number of allylic oxidation sites excluding steroid dienone is 4. The molecule has 0 aromatic heterocycles. The molecule has 0 rings (SSSR count). The molecule has 0 amide bonds. The second kappa shape index (κ2) is 7.54. The van der Waals surface area contributed by atoms with Crippen LogP contribution in [0, 0.1) is 33.8 Å². The number of rotatable bonds is 3. The summed E-state index contributed by atoms with van der Waals surface area (Å²) in [7, 11) is -2.57. The van der Waals surface area contributed by atoms with Crippen LogP contribution < -0.4 is 0 Å². The van der Waals surface area contributed by atoms with Crippen LogP contribution in [0.4, 0.5) is 0 Å². The second-order valence-electron chi connectivity index (χ2n) is 9.15. The lowest BCUT2D eigenvalue weighted by Gasteiger charge is -2.37. The molecule has 0 aliphatic heterocycles. The Morgan fingerprint density at radius 3 is 1.09 bits per heavy atom. The van der Waals surface area contributed by atoms with Gasteiger partial charge in [0.1, 0.15) is 16.1 Å². The highest BCUT2D eigenvalue weighted by atomic mass is 28.3. The van der Waals surface area contributed by atoms with Gasteiger partial charge in [-0.3, -0.25) is 0 Å². The molecule has 0 aliphatic rings. The molecule has 0 unspecified atom stereocenters. The summed E-state index contributed by atoms with van der Waals surface area (Å²) in [5.74, 6) is 6.45. The molecule has 0 heterocycles. The summed E-state index contributed by atoms with van der Waals surface area (Å²) in [4.78, 5) is 0. The Morgan fingerprint density at radius 2 is 0.864 bits per heavy atom. The van der Waals surface area contributed by atoms with Crippen LogP contribution in [0.2, 0.25) is 39.3 Å². The Bertz CT molecular complexity index is 487. The fraction of sp³-hybridized carbons (Fsp3) is 0.600. The van der Waals surface area contributed by atoms with E-state index in [0.29, 0.717) is 0 Å². The monoisotopic (exact) mass is 330 g/mol. The van der Waals surface area contributed by atoms with Crippen LogP contribution in [0.5, 0.6) is 0 Å². The normalized spacial score (nSPS) is 13.7. The van der Waals surface area contributed by atoms with E-state index in [1.807, 2.05) is 12.2 Å². The van der Waals surface area contributed by atoms with E-state index in [-0.39, 0.29) is 10.8 Å². The third-order valence-electron chi connectivity index (χ3n) is 3.72. The molecule has 2 heteroatoms. The maximum absolute atomic E-state index is 3.38. The summed E-state index contributed by atoms with van der Waals surface area (Å²) < 4.78 is 0. The van der Waals surface area contributed by atoms with E-state index >= 15 is 0 Å². The second-order valence-corrected chi connectivity index (χ2v) is 18.6. The van der Waals surface area contributed by atoms with Crippen molar-refractivity contribution in [2.75, 3.05) is 0 Å². The minimum Gasteiger partial charge on any atom is -0.127 e. The third kappa shape index (κ3) is 9.13. The van der Waals surface area contributed by atoms with Crippen molar-refractivity contribution in [1.82, 2.24) is 0 Å². The molecule has 0 aliphatic carbocycles. The van der Waals surface area contributed by atoms with Gasteiger partial charge in [0.15, 0.2) is 0 Å². The molecule has 0 fully saturated rings. The minimum absolute atomic E-state index is 0.0401. The van der Waals surface area contributed by atoms with E-state index in [2.05, 4.69) is 102 Å². The molecule has 0 aromatic rings. The van der Waals surface area contributed by atoms with Gasteiger partial charge in [-0.2, -0.15) is 0 Å². The lowest BCUT2D eigenvalue weighted by atomic mass is 9.67. The quantitative estimate of drug-likeness (QED) is 0.445. The summed E-state index contributed by atoms with van der Waals surface area (Å²) in [5, 5.41) is 0. The van der Waals surface area contributed by atoms with Crippen LogP contribution in [-0.4, -0.2) is 16.1 Å². The summed E-state index contributed by atoms with van der Waals surface area (Å²) >= 11 is 0. The van der Waals surface area contributed by atoms with Crippen LogP contribution in [0.15, 0.2) is 24.3 Å². The minimum atomic E-state index is -1.28. The van der Waals surface area contributed by atoms with Crippen molar-refractivity contribution in [3.63, 3.8) is 0 Å². The Kier molecular flexibility index (Phi) is 7.21. The molecule has 22 heavy (non-hydrogen) atoms. The van der Waals surface area contributed by atoms with Gasteiger partial charge in [-0.25, -0.2) is 0 Å². The van der Waals surface area contributed by atoms with Crippen molar-refractivity contribution in [3.05, 3.63) is 24.3 Å². The van der Waals surface area contributed by atoms with Gasteiger partial charge >= 0.3 is 0 Å². The zero-order valence-corrected chi connectivity index (χ0v) is 18.3. The smallest absolute Gasteiger partial charge is 0.127 e. The first-order valence-corrected chi connectivity index (χ1v) is 15.1. The van der Waals surface area contributed by atoms with Gasteiger partial charge in [0.25, 0.3) is 0 Å². The standard InChI is InChI=1S/C20H34Si2/c1-19(2,15-11-13-17-21(5,6)7)20(3,4)16-12-14-18-22(8,9)10/h11-12,15-16H,1-10H3/b15-11+,16-12+. The van der Waals surface area contributed by atoms with Gasteiger partial charge in [0, 0.05) is 0 Å². The SMILES string of the molecule is CC(C)(/C=C/C#C[Si](C)(C)C)C(C)(C)/C=C/C#C[Si](C)(C)C. The molecule has 0 nitrogen and oxygen atoms in total. The highest BCUT2D eigenvalue weighted by molar-refractivity contribution is 6.84. The zero-order chi connectivity index (χ0) is 17.7. The predicted molar refractivity (Wildman–Crippen MR) is 108 cm³/mol. The van der Waals surface area contributed by atoms with E-state index in [1.165, 1.54) is 0 Å². The average molecular weight is 331 g/mol. The first-order chi connectivity index (χ1) is 9.66. The Balaban J connectivity index is 5.07. The van der Waals surface area contributed by atoms with Gasteiger partial charge < -0.3 is 0 Å². The molecule has 0 aromatic carbocycles. The van der Waals surface area contributed by atoms with E-state index in [0.717, 1.165) is 0 Å². The largest absolute Gasteiger partial charge is 0.129 e. The summed E-state index contributed by atoms with van der Waals surface area (Å²) in [5.41, 5.74) is 6.84. The van der Waals surface area contributed by atoms with Gasteiger partial charge in [-0.05, 0) is 23.0 Å². The fourth-order valence-corrected chi connectivity index (χ4v) is 2.48. The van der Waals surface area contributed by atoms with Crippen LogP contribution in [0.3, 0.4) is 0 Å². The molecule has 0 atom stereocenters. The summed E-state index contributed by atoms with van der Waals surface area (Å²) in [6, 6.07) is 0. The van der Waals surface area contributed by atoms with Crippen molar-refractivity contribution in [2.45, 2.75) is 67.0 Å². The third-order valence-corrected chi connectivity index (χ3v) is 5.51. The van der Waals surface area contributed by atoms with Crippen molar-refractivity contribution in [3.8, 4) is 22.9 Å². The van der Waals surface area contributed by atoms with E-state index < -0.39 is 16.1 Å². The maximum atomic E-state index is 3.38. The van der Waals surface area contributed by atoms with Crippen LogP contribution in [0.25, 0.3) is 0 Å². The lowest BCUT2D eigenvalue weighted by Crippen LogP contribution is -2.28. The molecule has 0 saturated heterocycles. The van der Waals surface area contributed by atoms with E-state index in [4.69, 9.17) is 0 Å². The zero-order valence-electron chi connectivity index (χ0n) is 16.3. The van der Waals surface area contributed by atoms with Crippen LogP contribution >= 0.6 is 0 Å². The average Bonchev–Trinajstić information content (AvgIpc) is 2.28. The maximum Gasteiger partial charge on any atom is 0.129 e. The number of hydrogen-bond acceptors (Lipinski definition) is 0. The Hall–Kier alpha value is -0.966. The van der Waals surface area contributed by atoms with E-state index in [1.54, 1.807) is 0 Å². The lowest BCUT2D eigenvalue weighted by molar-refractivity contribution is 0.233. The van der Waals surface area contributed by atoms with E-state index in [9.17, 15) is 0 Å². The fourth-order valence-electron chi connectivity index (χ4n) is 1.45. The first-order valence-electron chi connectivity index (χ1n) is 8.07. The highest BCUT2D eigenvalue weighted by Gasteiger charge is 2.32. The van der Waals surface area contributed by atoms with Crippen molar-refractivity contribution < 1.29 is 0 Å². The van der Waals surface area contributed by atoms with Crippen molar-refractivity contribution in [2.24, 2.45) is 10.8 Å². The summed E-state index contributed by atoms with van der Waals surface area (Å²) in [6.07, 6.45) is 8.52. The Morgan fingerprint density at radius 1 is 0.591 bits per heavy atom. The molecule has 0 saturated carbocycles. The van der Waals surface area contributed by atoms with Crippen molar-refractivity contribution in [1.29, 1.82) is 0 Å². The van der Waals surface area contributed by atoms with Crippen LogP contribution in [-0.2, 0) is 0 Å². The molecular formula is C20H34Si2. The predicted octanol–water partition coefficient (Wildman–Crippen LogP) is 5.91. The molecule has 0 radical (unpaired) electrons. The highest BCUT2D eigenvalue weighted by Crippen LogP contribution is 2.40. The molecule has 0 bridgehead atoms. The van der Waals surface area contributed by atoms with Gasteiger partial charge in [-0.1, -0.05) is 91.0 Å². The topological polar surface area (TPSA) is 0 Å². The Labute approximate surface area is 141 Å². The van der Waals surface area contributed by atoms with Gasteiger partial charge in [-0.15, -0.1) is 11.1 Å². The summed E-state index contributed by atoms with van der Waals surface area (Å²) in [6.45, 7) is 22.6. The molecular weight excluding hydrogens is 296 g/mol. The first kappa shape index (κ1) is 21.0.